The van der Waals surface area contributed by atoms with E-state index in [0.717, 1.165) is 5.56 Å². The molecule has 0 atom stereocenters. The Bertz CT molecular complexity index is 478. The van der Waals surface area contributed by atoms with Crippen molar-refractivity contribution >= 4 is 24.2 Å². The van der Waals surface area contributed by atoms with Gasteiger partial charge >= 0.3 is 0 Å². The summed E-state index contributed by atoms with van der Waals surface area (Å²) < 4.78 is 0. The molecule has 6 heteroatoms. The van der Waals surface area contributed by atoms with Crippen molar-refractivity contribution in [1.29, 1.82) is 0 Å². The smallest absolute Gasteiger partial charge is 0.222 e. The molecule has 0 aliphatic carbocycles. The third-order valence-corrected chi connectivity index (χ3v) is 3.26. The molecule has 3 N–H and O–H groups in total. The summed E-state index contributed by atoms with van der Waals surface area (Å²) in [5.41, 5.74) is 6.21. The Morgan fingerprint density at radius 2 is 1.82 bits per heavy atom. The maximum atomic E-state index is 11.9. The van der Waals surface area contributed by atoms with E-state index in [-0.39, 0.29) is 30.6 Å². The van der Waals surface area contributed by atoms with Crippen LogP contribution in [0.3, 0.4) is 0 Å². The van der Waals surface area contributed by atoms with Gasteiger partial charge in [0.1, 0.15) is 0 Å². The van der Waals surface area contributed by atoms with Gasteiger partial charge < -0.3 is 16.0 Å². The summed E-state index contributed by atoms with van der Waals surface area (Å²) in [6.07, 6.45) is 0.274. The maximum Gasteiger partial charge on any atom is 0.222 e. The Hall–Kier alpha value is -1.59. The van der Waals surface area contributed by atoms with E-state index in [0.29, 0.717) is 19.6 Å². The van der Waals surface area contributed by atoms with E-state index >= 15 is 0 Å². The van der Waals surface area contributed by atoms with Crippen molar-refractivity contribution in [1.82, 2.24) is 10.2 Å². The number of hydrogen-bond acceptors (Lipinski definition) is 3. The molecule has 0 unspecified atom stereocenters. The highest BCUT2D eigenvalue weighted by Gasteiger charge is 2.19. The number of nitrogens with two attached hydrogens (primary N) is 1. The summed E-state index contributed by atoms with van der Waals surface area (Å²) in [6.45, 7) is 6.56. The first kappa shape index (κ1) is 20.4. The van der Waals surface area contributed by atoms with Crippen LogP contribution in [0.2, 0.25) is 0 Å². The van der Waals surface area contributed by atoms with Crippen molar-refractivity contribution in [2.24, 2.45) is 5.73 Å². The Kier molecular flexibility index (Phi) is 8.75. The van der Waals surface area contributed by atoms with E-state index in [1.807, 2.05) is 44.2 Å². The largest absolute Gasteiger partial charge is 0.350 e. The summed E-state index contributed by atoms with van der Waals surface area (Å²) in [4.78, 5) is 25.2. The Morgan fingerprint density at radius 1 is 1.23 bits per heavy atom. The van der Waals surface area contributed by atoms with Crippen LogP contribution in [-0.2, 0) is 16.1 Å². The summed E-state index contributed by atoms with van der Waals surface area (Å²) in [5, 5.41) is 2.86. The molecule has 0 aromatic heterocycles. The van der Waals surface area contributed by atoms with Gasteiger partial charge in [0.25, 0.3) is 0 Å². The topological polar surface area (TPSA) is 75.4 Å². The summed E-state index contributed by atoms with van der Waals surface area (Å²) >= 11 is 0. The number of amides is 2. The number of nitrogens with zero attached hydrogens (tertiary/aromatic N) is 1. The lowest BCUT2D eigenvalue weighted by Crippen LogP contribution is -2.49. The van der Waals surface area contributed by atoms with Crippen LogP contribution in [-0.4, -0.2) is 35.3 Å². The molecular formula is C16H26ClN3O2. The quantitative estimate of drug-likeness (QED) is 0.800. The predicted octanol–water partition coefficient (Wildman–Crippen LogP) is 1.70. The van der Waals surface area contributed by atoms with Crippen molar-refractivity contribution in [3.63, 3.8) is 0 Å². The average Bonchev–Trinajstić information content (AvgIpc) is 2.43. The van der Waals surface area contributed by atoms with Crippen LogP contribution in [0.1, 0.15) is 32.8 Å². The number of halogens is 1. The number of carbonyl (C=O) groups is 2. The van der Waals surface area contributed by atoms with Crippen LogP contribution in [0.15, 0.2) is 30.3 Å². The van der Waals surface area contributed by atoms with Crippen molar-refractivity contribution in [2.45, 2.75) is 39.3 Å². The maximum absolute atomic E-state index is 11.9. The normalized spacial score (nSPS) is 10.5. The monoisotopic (exact) mass is 327 g/mol. The first-order chi connectivity index (χ1) is 9.84. The summed E-state index contributed by atoms with van der Waals surface area (Å²) in [5.74, 6) is -0.130. The molecule has 2 amide bonds. The number of benzene rings is 1. The van der Waals surface area contributed by atoms with E-state index in [4.69, 9.17) is 5.73 Å². The SMILES string of the molecule is CC(=O)N(CCC(=O)NC(C)(C)CN)Cc1ccccc1.Cl. The zero-order chi connectivity index (χ0) is 15.9. The van der Waals surface area contributed by atoms with Gasteiger partial charge in [-0.05, 0) is 19.4 Å². The van der Waals surface area contributed by atoms with Crippen LogP contribution in [0.5, 0.6) is 0 Å². The highest BCUT2D eigenvalue weighted by Crippen LogP contribution is 2.06. The van der Waals surface area contributed by atoms with Gasteiger partial charge in [0.15, 0.2) is 0 Å². The Labute approximate surface area is 138 Å². The highest BCUT2D eigenvalue weighted by molar-refractivity contribution is 5.85. The van der Waals surface area contributed by atoms with E-state index < -0.39 is 5.54 Å². The highest BCUT2D eigenvalue weighted by atomic mass is 35.5. The van der Waals surface area contributed by atoms with E-state index in [1.165, 1.54) is 6.92 Å². The molecule has 0 saturated heterocycles. The third-order valence-electron chi connectivity index (χ3n) is 3.26. The molecule has 1 aromatic carbocycles. The lowest BCUT2D eigenvalue weighted by molar-refractivity contribution is -0.130. The first-order valence-corrected chi connectivity index (χ1v) is 7.14. The molecule has 1 aromatic rings. The molecule has 0 saturated carbocycles. The molecule has 0 spiro atoms. The molecule has 0 radical (unpaired) electrons. The van der Waals surface area contributed by atoms with E-state index in [2.05, 4.69) is 5.32 Å². The number of carbonyl (C=O) groups excluding carboxylic acids is 2. The van der Waals surface area contributed by atoms with Gasteiger partial charge in [0.2, 0.25) is 11.8 Å². The molecule has 0 bridgehead atoms. The van der Waals surface area contributed by atoms with Crippen LogP contribution < -0.4 is 11.1 Å². The lowest BCUT2D eigenvalue weighted by Gasteiger charge is -2.26. The first-order valence-electron chi connectivity index (χ1n) is 7.14. The Balaban J connectivity index is 0.00000441. The fraction of sp³-hybridized carbons (Fsp3) is 0.500. The molecule has 0 fully saturated rings. The molecule has 0 heterocycles. The van der Waals surface area contributed by atoms with Crippen molar-refractivity contribution < 1.29 is 9.59 Å². The standard InChI is InChI=1S/C16H25N3O2.ClH/c1-13(20)19(11-14-7-5-4-6-8-14)10-9-15(21)18-16(2,3)12-17;/h4-8H,9-12,17H2,1-3H3,(H,18,21);1H. The summed E-state index contributed by atoms with van der Waals surface area (Å²) in [6, 6.07) is 9.74. The van der Waals surface area contributed by atoms with E-state index in [1.54, 1.807) is 4.90 Å². The Morgan fingerprint density at radius 3 is 2.32 bits per heavy atom. The van der Waals surface area contributed by atoms with E-state index in [9.17, 15) is 9.59 Å². The molecule has 124 valence electrons. The fourth-order valence-electron chi connectivity index (χ4n) is 1.88. The summed E-state index contributed by atoms with van der Waals surface area (Å²) in [7, 11) is 0. The molecule has 1 rings (SSSR count). The molecule has 0 aliphatic rings. The zero-order valence-electron chi connectivity index (χ0n) is 13.5. The second-order valence-electron chi connectivity index (χ2n) is 5.81. The van der Waals surface area contributed by atoms with Gasteiger partial charge in [0.05, 0.1) is 0 Å². The minimum Gasteiger partial charge on any atom is -0.350 e. The van der Waals surface area contributed by atoms with Crippen LogP contribution >= 0.6 is 12.4 Å². The number of rotatable bonds is 7. The van der Waals surface area contributed by atoms with Crippen molar-refractivity contribution in [3.05, 3.63) is 35.9 Å². The zero-order valence-corrected chi connectivity index (χ0v) is 14.3. The van der Waals surface area contributed by atoms with Crippen LogP contribution in [0.25, 0.3) is 0 Å². The van der Waals surface area contributed by atoms with Crippen molar-refractivity contribution in [2.75, 3.05) is 13.1 Å². The molecular weight excluding hydrogens is 302 g/mol. The third kappa shape index (κ3) is 7.43. The molecule has 22 heavy (non-hydrogen) atoms. The fourth-order valence-corrected chi connectivity index (χ4v) is 1.88. The molecule has 0 aliphatic heterocycles. The number of nitrogens with one attached hydrogen (secondary N) is 1. The van der Waals surface area contributed by atoms with Gasteiger partial charge in [-0.1, -0.05) is 30.3 Å². The van der Waals surface area contributed by atoms with Gasteiger partial charge in [0, 0.05) is 38.5 Å². The van der Waals surface area contributed by atoms with Gasteiger partial charge in [-0.15, -0.1) is 12.4 Å². The minimum atomic E-state index is -0.419. The molecule has 5 nitrogen and oxygen atoms in total. The van der Waals surface area contributed by atoms with Gasteiger partial charge in [-0.3, -0.25) is 9.59 Å². The van der Waals surface area contributed by atoms with Gasteiger partial charge in [-0.25, -0.2) is 0 Å². The van der Waals surface area contributed by atoms with Crippen LogP contribution in [0.4, 0.5) is 0 Å². The second kappa shape index (κ2) is 9.43. The van der Waals surface area contributed by atoms with Gasteiger partial charge in [-0.2, -0.15) is 0 Å². The van der Waals surface area contributed by atoms with Crippen LogP contribution in [0, 0.1) is 0 Å². The number of hydrogen-bond donors (Lipinski definition) is 2. The lowest BCUT2D eigenvalue weighted by atomic mass is 10.1. The predicted molar refractivity (Wildman–Crippen MR) is 90.7 cm³/mol. The second-order valence-corrected chi connectivity index (χ2v) is 5.81. The van der Waals surface area contributed by atoms with Crippen molar-refractivity contribution in [3.8, 4) is 0 Å². The minimum absolute atomic E-state index is 0. The average molecular weight is 328 g/mol.